The predicted molar refractivity (Wildman–Crippen MR) is 102 cm³/mol. The summed E-state index contributed by atoms with van der Waals surface area (Å²) in [6, 6.07) is 12.2. The number of rotatable bonds is 3. The van der Waals surface area contributed by atoms with Gasteiger partial charge in [-0.25, -0.2) is 9.69 Å². The lowest BCUT2D eigenvalue weighted by molar-refractivity contribution is -0.113. The van der Waals surface area contributed by atoms with E-state index >= 15 is 0 Å². The maximum atomic E-state index is 12.7. The van der Waals surface area contributed by atoms with Gasteiger partial charge in [-0.05, 0) is 66.6 Å². The molecule has 1 heterocycles. The quantitative estimate of drug-likeness (QED) is 0.597. The number of carbonyl (C=O) groups is 3. The predicted octanol–water partition coefficient (Wildman–Crippen LogP) is 4.33. The maximum Gasteiger partial charge on any atom is 0.337 e. The highest BCUT2D eigenvalue weighted by atomic mass is 32.2. The summed E-state index contributed by atoms with van der Waals surface area (Å²) in [5.74, 6) is -0.766. The summed E-state index contributed by atoms with van der Waals surface area (Å²) in [6.45, 7) is 3.83. The van der Waals surface area contributed by atoms with Gasteiger partial charge in [-0.1, -0.05) is 24.3 Å². The van der Waals surface area contributed by atoms with Crippen molar-refractivity contribution in [2.24, 2.45) is 0 Å². The molecule has 0 saturated carbocycles. The Bertz CT molecular complexity index is 931. The molecule has 1 aliphatic heterocycles. The molecule has 0 spiro atoms. The Morgan fingerprint density at radius 1 is 1.08 bits per heavy atom. The molecule has 0 atom stereocenters. The van der Waals surface area contributed by atoms with Crippen molar-refractivity contribution in [1.82, 2.24) is 0 Å². The third-order valence-electron chi connectivity index (χ3n) is 4.24. The van der Waals surface area contributed by atoms with Crippen LogP contribution >= 0.6 is 11.8 Å². The Morgan fingerprint density at radius 3 is 2.42 bits per heavy atom. The zero-order valence-electron chi connectivity index (χ0n) is 14.6. The molecule has 1 aliphatic rings. The lowest BCUT2D eigenvalue weighted by atomic mass is 10.1. The largest absolute Gasteiger partial charge is 0.465 e. The molecule has 0 N–H and O–H groups in total. The van der Waals surface area contributed by atoms with Crippen LogP contribution in [-0.2, 0) is 9.53 Å². The number of amides is 2. The molecule has 0 unspecified atom stereocenters. The maximum absolute atomic E-state index is 12.7. The summed E-state index contributed by atoms with van der Waals surface area (Å²) < 4.78 is 4.66. The van der Waals surface area contributed by atoms with Crippen LogP contribution in [0.3, 0.4) is 0 Å². The molecule has 2 aromatic carbocycles. The average Bonchev–Trinajstić information content (AvgIpc) is 2.91. The van der Waals surface area contributed by atoms with E-state index in [1.54, 1.807) is 36.4 Å². The Balaban J connectivity index is 1.90. The fraction of sp³-hybridized carbons (Fsp3) is 0.150. The molecule has 0 bridgehead atoms. The van der Waals surface area contributed by atoms with E-state index in [1.165, 1.54) is 12.0 Å². The summed E-state index contributed by atoms with van der Waals surface area (Å²) in [5, 5.41) is -0.318. The third-order valence-corrected chi connectivity index (χ3v) is 5.11. The molecule has 2 amide bonds. The van der Waals surface area contributed by atoms with Crippen LogP contribution in [0.15, 0.2) is 47.4 Å². The lowest BCUT2D eigenvalue weighted by Gasteiger charge is -2.16. The first-order valence-electron chi connectivity index (χ1n) is 7.95. The van der Waals surface area contributed by atoms with E-state index in [-0.39, 0.29) is 11.1 Å². The first-order valence-corrected chi connectivity index (χ1v) is 8.76. The molecule has 0 radical (unpaired) electrons. The molecule has 3 rings (SSSR count). The highest BCUT2D eigenvalue weighted by molar-refractivity contribution is 8.19. The van der Waals surface area contributed by atoms with Gasteiger partial charge in [0.2, 0.25) is 0 Å². The molecule has 1 fully saturated rings. The van der Waals surface area contributed by atoms with Crippen LogP contribution in [0, 0.1) is 13.8 Å². The molecular weight excluding hydrogens is 350 g/mol. The number of carbonyl (C=O) groups excluding carboxylic acids is 3. The van der Waals surface area contributed by atoms with E-state index in [0.717, 1.165) is 28.5 Å². The number of benzene rings is 2. The van der Waals surface area contributed by atoms with Crippen molar-refractivity contribution in [3.05, 3.63) is 69.6 Å². The van der Waals surface area contributed by atoms with Crippen LogP contribution in [0.1, 0.15) is 27.0 Å². The minimum absolute atomic E-state index is 0.318. The smallest absolute Gasteiger partial charge is 0.337 e. The van der Waals surface area contributed by atoms with E-state index in [1.807, 2.05) is 26.0 Å². The van der Waals surface area contributed by atoms with Crippen molar-refractivity contribution in [1.29, 1.82) is 0 Å². The van der Waals surface area contributed by atoms with Crippen molar-refractivity contribution < 1.29 is 19.1 Å². The van der Waals surface area contributed by atoms with Crippen molar-refractivity contribution in [3.8, 4) is 0 Å². The number of esters is 1. The van der Waals surface area contributed by atoms with Crippen LogP contribution in [0.5, 0.6) is 0 Å². The topological polar surface area (TPSA) is 63.7 Å². The summed E-state index contributed by atoms with van der Waals surface area (Å²) in [6.07, 6.45) is 1.65. The normalized spacial score (nSPS) is 15.7. The molecule has 1 saturated heterocycles. The minimum atomic E-state index is -0.424. The van der Waals surface area contributed by atoms with Crippen LogP contribution in [0.4, 0.5) is 10.5 Å². The summed E-state index contributed by atoms with van der Waals surface area (Å²) in [4.78, 5) is 38.2. The van der Waals surface area contributed by atoms with E-state index in [2.05, 4.69) is 4.74 Å². The fourth-order valence-corrected chi connectivity index (χ4v) is 3.47. The second-order valence-corrected chi connectivity index (χ2v) is 6.84. The number of aryl methyl sites for hydroxylation is 1. The van der Waals surface area contributed by atoms with E-state index in [0.29, 0.717) is 16.2 Å². The van der Waals surface area contributed by atoms with E-state index in [9.17, 15) is 14.4 Å². The van der Waals surface area contributed by atoms with Gasteiger partial charge in [-0.2, -0.15) is 0 Å². The van der Waals surface area contributed by atoms with Gasteiger partial charge < -0.3 is 4.74 Å². The Morgan fingerprint density at radius 2 is 1.77 bits per heavy atom. The number of ether oxygens (including phenoxy) is 1. The summed E-state index contributed by atoms with van der Waals surface area (Å²) in [5.41, 5.74) is 3.68. The highest BCUT2D eigenvalue weighted by Crippen LogP contribution is 2.37. The Hall–Kier alpha value is -2.86. The first kappa shape index (κ1) is 17.9. The molecule has 6 heteroatoms. The number of methoxy groups -OCH3 is 1. The number of hydrogen-bond donors (Lipinski definition) is 0. The molecular formula is C20H17NO4S. The van der Waals surface area contributed by atoms with Gasteiger partial charge in [0.15, 0.2) is 0 Å². The van der Waals surface area contributed by atoms with Crippen molar-refractivity contribution >= 4 is 40.6 Å². The standard InChI is InChI=1S/C20H17NO4S/c1-12-5-4-6-16(13(12)2)21-18(22)17(26-20(21)24)11-14-7-9-15(10-8-14)19(23)25-3/h4-11H,1-3H3/b17-11-. The average molecular weight is 367 g/mol. The van der Waals surface area contributed by atoms with Crippen molar-refractivity contribution in [2.75, 3.05) is 12.0 Å². The monoisotopic (exact) mass is 367 g/mol. The first-order chi connectivity index (χ1) is 12.4. The van der Waals surface area contributed by atoms with Crippen LogP contribution in [-0.4, -0.2) is 24.2 Å². The Labute approximate surface area is 155 Å². The lowest BCUT2D eigenvalue weighted by Crippen LogP contribution is -2.28. The van der Waals surface area contributed by atoms with Crippen molar-refractivity contribution in [2.45, 2.75) is 13.8 Å². The highest BCUT2D eigenvalue weighted by Gasteiger charge is 2.37. The van der Waals surface area contributed by atoms with Gasteiger partial charge in [-0.15, -0.1) is 0 Å². The van der Waals surface area contributed by atoms with Crippen molar-refractivity contribution in [3.63, 3.8) is 0 Å². The second-order valence-electron chi connectivity index (χ2n) is 5.85. The van der Waals surface area contributed by atoms with E-state index < -0.39 is 5.97 Å². The third kappa shape index (κ3) is 3.28. The number of anilines is 1. The van der Waals surface area contributed by atoms with Gasteiger partial charge in [0.05, 0.1) is 23.3 Å². The minimum Gasteiger partial charge on any atom is -0.465 e. The molecule has 0 aromatic heterocycles. The molecule has 132 valence electrons. The Kier molecular flexibility index (Phi) is 4.95. The summed E-state index contributed by atoms with van der Waals surface area (Å²) in [7, 11) is 1.32. The second kappa shape index (κ2) is 7.17. The molecule has 2 aromatic rings. The van der Waals surface area contributed by atoms with Gasteiger partial charge >= 0.3 is 5.97 Å². The van der Waals surface area contributed by atoms with Gasteiger partial charge in [0, 0.05) is 0 Å². The van der Waals surface area contributed by atoms with E-state index in [4.69, 9.17) is 0 Å². The van der Waals surface area contributed by atoms with Gasteiger partial charge in [0.1, 0.15) is 0 Å². The molecule has 5 nitrogen and oxygen atoms in total. The number of imide groups is 1. The van der Waals surface area contributed by atoms with Crippen LogP contribution in [0.25, 0.3) is 6.08 Å². The fourth-order valence-electron chi connectivity index (χ4n) is 2.64. The summed E-state index contributed by atoms with van der Waals surface area (Å²) >= 11 is 0.908. The van der Waals surface area contributed by atoms with Gasteiger partial charge in [0.25, 0.3) is 11.1 Å². The van der Waals surface area contributed by atoms with Gasteiger partial charge in [-0.3, -0.25) is 9.59 Å². The zero-order chi connectivity index (χ0) is 18.8. The number of nitrogens with zero attached hydrogens (tertiary/aromatic N) is 1. The molecule has 0 aliphatic carbocycles. The number of hydrogen-bond acceptors (Lipinski definition) is 5. The molecule has 26 heavy (non-hydrogen) atoms. The zero-order valence-corrected chi connectivity index (χ0v) is 15.4. The SMILES string of the molecule is COC(=O)c1ccc(/C=C2\SC(=O)N(c3cccc(C)c3C)C2=O)cc1. The number of thioether (sulfide) groups is 1. The van der Waals surface area contributed by atoms with Crippen LogP contribution in [0.2, 0.25) is 0 Å². The van der Waals surface area contributed by atoms with Crippen LogP contribution < -0.4 is 4.90 Å².